The summed E-state index contributed by atoms with van der Waals surface area (Å²) in [6, 6.07) is 3.69. The van der Waals surface area contributed by atoms with Crippen LogP contribution in [0.5, 0.6) is 0 Å². The van der Waals surface area contributed by atoms with E-state index in [1.54, 1.807) is 0 Å². The van der Waals surface area contributed by atoms with Crippen molar-refractivity contribution < 1.29 is 4.79 Å². The van der Waals surface area contributed by atoms with Gasteiger partial charge >= 0.3 is 0 Å². The highest BCUT2D eigenvalue weighted by molar-refractivity contribution is 7.12. The molecule has 0 fully saturated rings. The van der Waals surface area contributed by atoms with E-state index in [0.29, 0.717) is 6.54 Å². The van der Waals surface area contributed by atoms with Gasteiger partial charge in [0.1, 0.15) is 0 Å². The van der Waals surface area contributed by atoms with E-state index in [-0.39, 0.29) is 5.91 Å². The Kier molecular flexibility index (Phi) is 6.38. The Morgan fingerprint density at radius 1 is 1.58 bits per heavy atom. The Bertz CT molecular complexity index is 206. The highest BCUT2D eigenvalue weighted by Gasteiger charge is 2.02. The average molecular weight is 185 g/mol. The van der Waals surface area contributed by atoms with Crippen molar-refractivity contribution in [2.75, 3.05) is 6.54 Å². The number of amides is 1. The van der Waals surface area contributed by atoms with E-state index in [2.05, 4.69) is 5.32 Å². The van der Waals surface area contributed by atoms with E-state index >= 15 is 0 Å². The van der Waals surface area contributed by atoms with Gasteiger partial charge in [-0.2, -0.15) is 0 Å². The summed E-state index contributed by atoms with van der Waals surface area (Å²) in [7, 11) is 0. The Labute approximate surface area is 77.6 Å². The lowest BCUT2D eigenvalue weighted by molar-refractivity contribution is 0.0960. The minimum absolute atomic E-state index is 0.0255. The van der Waals surface area contributed by atoms with Gasteiger partial charge in [0.25, 0.3) is 5.91 Å². The second-order valence-corrected chi connectivity index (χ2v) is 2.78. The zero-order chi connectivity index (χ0) is 9.40. The van der Waals surface area contributed by atoms with Crippen molar-refractivity contribution >= 4 is 17.2 Å². The lowest BCUT2D eigenvalue weighted by Crippen LogP contribution is -2.21. The second-order valence-electron chi connectivity index (χ2n) is 1.84. The molecule has 68 valence electrons. The molecule has 0 aliphatic heterocycles. The molecule has 1 heterocycles. The lowest BCUT2D eigenvalue weighted by atomic mass is 10.4. The lowest BCUT2D eigenvalue weighted by Gasteiger charge is -1.95. The molecule has 1 N–H and O–H groups in total. The third-order valence-electron chi connectivity index (χ3n) is 1.08. The molecule has 0 bridgehead atoms. The van der Waals surface area contributed by atoms with Gasteiger partial charge < -0.3 is 5.32 Å². The summed E-state index contributed by atoms with van der Waals surface area (Å²) < 4.78 is 0. The van der Waals surface area contributed by atoms with E-state index in [4.69, 9.17) is 0 Å². The van der Waals surface area contributed by atoms with Gasteiger partial charge in [0.15, 0.2) is 0 Å². The van der Waals surface area contributed by atoms with Crippen molar-refractivity contribution in [2.24, 2.45) is 0 Å². The molecule has 0 saturated carbocycles. The van der Waals surface area contributed by atoms with Gasteiger partial charge in [-0.3, -0.25) is 4.79 Å². The van der Waals surface area contributed by atoms with Gasteiger partial charge in [-0.25, -0.2) is 0 Å². The molecule has 0 aromatic carbocycles. The molecule has 0 atom stereocenters. The molecule has 1 amide bonds. The fourth-order valence-electron chi connectivity index (χ4n) is 0.655. The molecule has 0 aliphatic rings. The maximum absolute atomic E-state index is 11.0. The third kappa shape index (κ3) is 3.53. The summed E-state index contributed by atoms with van der Waals surface area (Å²) in [6.07, 6.45) is 0. The van der Waals surface area contributed by atoms with Crippen molar-refractivity contribution in [3.8, 4) is 0 Å². The summed E-state index contributed by atoms with van der Waals surface area (Å²) in [5.74, 6) is 0.0255. The fourth-order valence-corrected chi connectivity index (χ4v) is 1.30. The first kappa shape index (κ1) is 11.2. The molecule has 12 heavy (non-hydrogen) atoms. The van der Waals surface area contributed by atoms with E-state index in [1.807, 2.05) is 38.3 Å². The largest absolute Gasteiger partial charge is 0.352 e. The van der Waals surface area contributed by atoms with Crippen molar-refractivity contribution in [3.63, 3.8) is 0 Å². The summed E-state index contributed by atoms with van der Waals surface area (Å²) in [5, 5.41) is 4.61. The maximum atomic E-state index is 11.0. The predicted octanol–water partition coefficient (Wildman–Crippen LogP) is 2.52. The molecule has 2 nitrogen and oxygen atoms in total. The van der Waals surface area contributed by atoms with Gasteiger partial charge in [-0.15, -0.1) is 11.3 Å². The number of carbonyl (C=O) groups excluding carboxylic acids is 1. The number of rotatable bonds is 2. The molecular formula is C9H15NOS. The number of thiophene rings is 1. The van der Waals surface area contributed by atoms with Crippen LogP contribution in [-0.4, -0.2) is 12.5 Å². The molecule has 0 spiro atoms. The van der Waals surface area contributed by atoms with Crippen LogP contribution in [0.4, 0.5) is 0 Å². The van der Waals surface area contributed by atoms with Gasteiger partial charge in [0.05, 0.1) is 4.88 Å². The van der Waals surface area contributed by atoms with Crippen molar-refractivity contribution in [1.29, 1.82) is 0 Å². The summed E-state index contributed by atoms with van der Waals surface area (Å²) >= 11 is 1.46. The topological polar surface area (TPSA) is 29.1 Å². The van der Waals surface area contributed by atoms with Crippen LogP contribution in [0.1, 0.15) is 30.4 Å². The Morgan fingerprint density at radius 3 is 2.67 bits per heavy atom. The van der Waals surface area contributed by atoms with Crippen LogP contribution in [0.15, 0.2) is 17.5 Å². The van der Waals surface area contributed by atoms with Crippen molar-refractivity contribution in [3.05, 3.63) is 22.4 Å². The summed E-state index contributed by atoms with van der Waals surface area (Å²) in [6.45, 7) is 6.60. The normalized spacial score (nSPS) is 8.25. The highest BCUT2D eigenvalue weighted by atomic mass is 32.1. The molecule has 0 saturated heterocycles. The van der Waals surface area contributed by atoms with Crippen LogP contribution in [0, 0.1) is 0 Å². The van der Waals surface area contributed by atoms with Crippen LogP contribution in [0.2, 0.25) is 0 Å². The van der Waals surface area contributed by atoms with Crippen LogP contribution in [0.25, 0.3) is 0 Å². The molecule has 0 aliphatic carbocycles. The van der Waals surface area contributed by atoms with Crippen LogP contribution in [-0.2, 0) is 0 Å². The van der Waals surface area contributed by atoms with Gasteiger partial charge in [-0.1, -0.05) is 19.9 Å². The SMILES string of the molecule is CC.CCNC(=O)c1cccs1. The fraction of sp³-hybridized carbons (Fsp3) is 0.444. The molecule has 1 aromatic heterocycles. The van der Waals surface area contributed by atoms with Crippen LogP contribution >= 0.6 is 11.3 Å². The van der Waals surface area contributed by atoms with E-state index in [0.717, 1.165) is 4.88 Å². The maximum Gasteiger partial charge on any atom is 0.261 e. The monoisotopic (exact) mass is 185 g/mol. The molecular weight excluding hydrogens is 170 g/mol. The van der Waals surface area contributed by atoms with Crippen LogP contribution in [0.3, 0.4) is 0 Å². The number of nitrogens with one attached hydrogen (secondary N) is 1. The molecule has 0 radical (unpaired) electrons. The van der Waals surface area contributed by atoms with Gasteiger partial charge in [-0.05, 0) is 18.4 Å². The number of hydrogen-bond donors (Lipinski definition) is 1. The first-order valence-electron chi connectivity index (χ1n) is 4.16. The Hall–Kier alpha value is -0.830. The first-order valence-corrected chi connectivity index (χ1v) is 5.04. The minimum atomic E-state index is 0.0255. The van der Waals surface area contributed by atoms with Gasteiger partial charge in [0.2, 0.25) is 0 Å². The van der Waals surface area contributed by atoms with E-state index in [1.165, 1.54) is 11.3 Å². The molecule has 1 aromatic rings. The second kappa shape index (κ2) is 6.85. The van der Waals surface area contributed by atoms with E-state index in [9.17, 15) is 4.79 Å². The molecule has 1 rings (SSSR count). The zero-order valence-corrected chi connectivity index (χ0v) is 8.57. The Morgan fingerprint density at radius 2 is 2.25 bits per heavy atom. The molecule has 3 heteroatoms. The zero-order valence-electron chi connectivity index (χ0n) is 7.76. The average Bonchev–Trinajstić information content (AvgIpc) is 2.60. The standard InChI is InChI=1S/C7H9NOS.C2H6/c1-2-8-7(9)6-4-3-5-10-6;1-2/h3-5H,2H2,1H3,(H,8,9);1-2H3. The highest BCUT2D eigenvalue weighted by Crippen LogP contribution is 2.06. The number of carbonyl (C=O) groups is 1. The minimum Gasteiger partial charge on any atom is -0.352 e. The first-order chi connectivity index (χ1) is 5.84. The smallest absolute Gasteiger partial charge is 0.261 e. The third-order valence-corrected chi connectivity index (χ3v) is 1.95. The van der Waals surface area contributed by atoms with Gasteiger partial charge in [0, 0.05) is 6.54 Å². The summed E-state index contributed by atoms with van der Waals surface area (Å²) in [4.78, 5) is 11.8. The van der Waals surface area contributed by atoms with Crippen LogP contribution < -0.4 is 5.32 Å². The molecule has 0 unspecified atom stereocenters. The van der Waals surface area contributed by atoms with E-state index < -0.39 is 0 Å². The Balaban J connectivity index is 0.000000561. The summed E-state index contributed by atoms with van der Waals surface area (Å²) in [5.41, 5.74) is 0. The predicted molar refractivity (Wildman–Crippen MR) is 53.7 cm³/mol. The van der Waals surface area contributed by atoms with Crippen molar-refractivity contribution in [1.82, 2.24) is 5.32 Å². The van der Waals surface area contributed by atoms with Crippen molar-refractivity contribution in [2.45, 2.75) is 20.8 Å². The quantitative estimate of drug-likeness (QED) is 0.753. The number of hydrogen-bond acceptors (Lipinski definition) is 2.